The second-order valence-corrected chi connectivity index (χ2v) is 8.13. The zero-order valence-electron chi connectivity index (χ0n) is 14.1. The van der Waals surface area contributed by atoms with E-state index in [1.54, 1.807) is 0 Å². The van der Waals surface area contributed by atoms with E-state index in [-0.39, 0.29) is 0 Å². The van der Waals surface area contributed by atoms with E-state index in [0.717, 1.165) is 64.8 Å². The smallest absolute Gasteiger partial charge is 0.321 e. The second kappa shape index (κ2) is 12.6. The van der Waals surface area contributed by atoms with Gasteiger partial charge in [-0.25, -0.2) is 0 Å². The molecule has 4 nitrogen and oxygen atoms in total. The van der Waals surface area contributed by atoms with Crippen molar-refractivity contribution in [3.63, 3.8) is 0 Å². The highest BCUT2D eigenvalue weighted by atomic mass is 28.3. The molecule has 0 amide bonds. The lowest BCUT2D eigenvalue weighted by Crippen LogP contribution is -2.24. The molecule has 0 aromatic carbocycles. The highest BCUT2D eigenvalue weighted by Gasteiger charge is 2.22. The Morgan fingerprint density at radius 1 is 1.10 bits per heavy atom. The Morgan fingerprint density at radius 2 is 1.81 bits per heavy atom. The van der Waals surface area contributed by atoms with Crippen LogP contribution >= 0.6 is 0 Å². The SMILES string of the molecule is CCCCO[SiH](CCC)OCCC(C)CCOCC1CO1. The zero-order chi connectivity index (χ0) is 15.3. The van der Waals surface area contributed by atoms with Gasteiger partial charge in [0.15, 0.2) is 0 Å². The maximum Gasteiger partial charge on any atom is 0.321 e. The van der Waals surface area contributed by atoms with Gasteiger partial charge in [0.05, 0.1) is 13.2 Å². The minimum absolute atomic E-state index is 0.379. The summed E-state index contributed by atoms with van der Waals surface area (Å²) >= 11 is 0. The van der Waals surface area contributed by atoms with E-state index in [4.69, 9.17) is 18.3 Å². The van der Waals surface area contributed by atoms with E-state index >= 15 is 0 Å². The molecule has 21 heavy (non-hydrogen) atoms. The van der Waals surface area contributed by atoms with Gasteiger partial charge in [-0.2, -0.15) is 0 Å². The lowest BCUT2D eigenvalue weighted by atomic mass is 10.1. The van der Waals surface area contributed by atoms with E-state index < -0.39 is 9.28 Å². The Hall–Kier alpha value is 0.0569. The number of unbranched alkanes of at least 4 members (excludes halogenated alkanes) is 1. The van der Waals surface area contributed by atoms with Gasteiger partial charge in [-0.05, 0) is 31.2 Å². The third-order valence-electron chi connectivity index (χ3n) is 3.70. The van der Waals surface area contributed by atoms with Crippen molar-refractivity contribution in [3.05, 3.63) is 0 Å². The van der Waals surface area contributed by atoms with Gasteiger partial charge in [-0.3, -0.25) is 0 Å². The van der Waals surface area contributed by atoms with Gasteiger partial charge >= 0.3 is 9.28 Å². The van der Waals surface area contributed by atoms with Gasteiger partial charge in [0.25, 0.3) is 0 Å². The summed E-state index contributed by atoms with van der Waals surface area (Å²) in [4.78, 5) is 0. The van der Waals surface area contributed by atoms with Crippen LogP contribution in [0.25, 0.3) is 0 Å². The minimum atomic E-state index is -1.41. The van der Waals surface area contributed by atoms with Crippen molar-refractivity contribution in [1.29, 1.82) is 0 Å². The van der Waals surface area contributed by atoms with Crippen LogP contribution in [-0.2, 0) is 18.3 Å². The third kappa shape index (κ3) is 11.3. The van der Waals surface area contributed by atoms with Crippen LogP contribution in [0.15, 0.2) is 0 Å². The highest BCUT2D eigenvalue weighted by molar-refractivity contribution is 6.44. The van der Waals surface area contributed by atoms with Crippen molar-refractivity contribution in [3.8, 4) is 0 Å². The summed E-state index contributed by atoms with van der Waals surface area (Å²) in [6.45, 7) is 10.9. The van der Waals surface area contributed by atoms with Crippen LogP contribution in [0.2, 0.25) is 6.04 Å². The molecule has 3 atom stereocenters. The first-order valence-corrected chi connectivity index (χ1v) is 10.4. The fraction of sp³-hybridized carbons (Fsp3) is 1.00. The summed E-state index contributed by atoms with van der Waals surface area (Å²) in [5.74, 6) is 0.650. The number of hydrogen-bond donors (Lipinski definition) is 0. The molecular weight excluding hydrogens is 284 g/mol. The van der Waals surface area contributed by atoms with Gasteiger partial charge in [0.1, 0.15) is 6.10 Å². The van der Waals surface area contributed by atoms with E-state index in [1.165, 1.54) is 6.42 Å². The topological polar surface area (TPSA) is 40.2 Å². The molecular formula is C16H34O4Si. The first-order chi connectivity index (χ1) is 10.3. The molecule has 1 aliphatic rings. The van der Waals surface area contributed by atoms with E-state index in [9.17, 15) is 0 Å². The normalized spacial score (nSPS) is 20.4. The summed E-state index contributed by atoms with van der Waals surface area (Å²) < 4.78 is 22.6. The summed E-state index contributed by atoms with van der Waals surface area (Å²) in [5.41, 5.74) is 0. The van der Waals surface area contributed by atoms with Crippen molar-refractivity contribution in [2.45, 2.75) is 65.0 Å². The predicted octanol–water partition coefficient (Wildman–Crippen LogP) is 3.28. The average molecular weight is 319 g/mol. The molecule has 0 N–H and O–H groups in total. The molecule has 0 bridgehead atoms. The largest absolute Gasteiger partial charge is 0.397 e. The molecule has 1 saturated heterocycles. The van der Waals surface area contributed by atoms with Gasteiger partial charge in [0, 0.05) is 19.8 Å². The summed E-state index contributed by atoms with van der Waals surface area (Å²) in [5, 5.41) is 0. The average Bonchev–Trinajstić information content (AvgIpc) is 3.28. The molecule has 0 aromatic heterocycles. The zero-order valence-corrected chi connectivity index (χ0v) is 15.3. The number of ether oxygens (including phenoxy) is 2. The van der Waals surface area contributed by atoms with Gasteiger partial charge < -0.3 is 18.3 Å². The summed E-state index contributed by atoms with van der Waals surface area (Å²) in [6, 6.07) is 1.13. The number of hydrogen-bond acceptors (Lipinski definition) is 4. The van der Waals surface area contributed by atoms with Crippen molar-refractivity contribution >= 4 is 9.28 Å². The van der Waals surface area contributed by atoms with Crippen molar-refractivity contribution in [1.82, 2.24) is 0 Å². The molecule has 0 radical (unpaired) electrons. The van der Waals surface area contributed by atoms with Crippen LogP contribution < -0.4 is 0 Å². The van der Waals surface area contributed by atoms with Crippen LogP contribution in [-0.4, -0.2) is 48.4 Å². The van der Waals surface area contributed by atoms with Crippen molar-refractivity contribution in [2.24, 2.45) is 5.92 Å². The molecule has 3 unspecified atom stereocenters. The quantitative estimate of drug-likeness (QED) is 0.264. The van der Waals surface area contributed by atoms with Crippen LogP contribution in [0.4, 0.5) is 0 Å². The maximum absolute atomic E-state index is 6.01. The molecule has 0 aromatic rings. The van der Waals surface area contributed by atoms with E-state index in [0.29, 0.717) is 12.0 Å². The van der Waals surface area contributed by atoms with Gasteiger partial charge in [0.2, 0.25) is 0 Å². The Morgan fingerprint density at radius 3 is 2.48 bits per heavy atom. The Bertz CT molecular complexity index is 236. The standard InChI is InChI=1S/C16H34O4Si/c1-4-6-9-19-21(12-5-2)20-11-8-15(3)7-10-17-13-16-14-18-16/h15-16,21H,4-14H2,1-3H3. The van der Waals surface area contributed by atoms with Crippen LogP contribution in [0.1, 0.15) is 52.9 Å². The second-order valence-electron chi connectivity index (χ2n) is 6.03. The first kappa shape index (κ1) is 19.1. The Kier molecular flexibility index (Phi) is 11.4. The first-order valence-electron chi connectivity index (χ1n) is 8.68. The third-order valence-corrected chi connectivity index (χ3v) is 5.97. The molecule has 1 heterocycles. The van der Waals surface area contributed by atoms with E-state index in [2.05, 4.69) is 20.8 Å². The molecule has 1 aliphatic heterocycles. The molecule has 5 heteroatoms. The number of rotatable bonds is 15. The van der Waals surface area contributed by atoms with Crippen LogP contribution in [0.5, 0.6) is 0 Å². The summed E-state index contributed by atoms with van der Waals surface area (Å²) in [7, 11) is -1.41. The predicted molar refractivity (Wildman–Crippen MR) is 88.0 cm³/mol. The maximum atomic E-state index is 6.01. The molecule has 0 saturated carbocycles. The Balaban J connectivity index is 1.96. The lowest BCUT2D eigenvalue weighted by molar-refractivity contribution is 0.102. The molecule has 126 valence electrons. The summed E-state index contributed by atoms with van der Waals surface area (Å²) in [6.07, 6.45) is 6.09. The number of epoxide rings is 1. The molecule has 1 rings (SSSR count). The van der Waals surface area contributed by atoms with Gasteiger partial charge in [-0.1, -0.05) is 33.6 Å². The highest BCUT2D eigenvalue weighted by Crippen LogP contribution is 2.12. The van der Waals surface area contributed by atoms with Crippen LogP contribution in [0, 0.1) is 5.92 Å². The molecule has 1 fully saturated rings. The monoisotopic (exact) mass is 318 g/mol. The fourth-order valence-corrected chi connectivity index (χ4v) is 3.75. The molecule has 0 spiro atoms. The van der Waals surface area contributed by atoms with Crippen molar-refractivity contribution in [2.75, 3.05) is 33.0 Å². The minimum Gasteiger partial charge on any atom is -0.397 e. The molecule has 0 aliphatic carbocycles. The Labute approximate surface area is 132 Å². The van der Waals surface area contributed by atoms with Crippen molar-refractivity contribution < 1.29 is 18.3 Å². The van der Waals surface area contributed by atoms with E-state index in [1.807, 2.05) is 0 Å². The van der Waals surface area contributed by atoms with Crippen LogP contribution in [0.3, 0.4) is 0 Å². The lowest BCUT2D eigenvalue weighted by Gasteiger charge is -2.18. The fourth-order valence-electron chi connectivity index (χ4n) is 2.02. The van der Waals surface area contributed by atoms with Gasteiger partial charge in [-0.15, -0.1) is 0 Å².